The van der Waals surface area contributed by atoms with Gasteiger partial charge in [-0.2, -0.15) is 0 Å². The van der Waals surface area contributed by atoms with Crippen molar-refractivity contribution in [1.82, 2.24) is 20.6 Å². The van der Waals surface area contributed by atoms with Gasteiger partial charge in [-0.15, -0.1) is 5.06 Å². The quantitative estimate of drug-likeness (QED) is 0.630. The molecule has 9 heteroatoms. The highest BCUT2D eigenvalue weighted by Gasteiger charge is 2.39. The van der Waals surface area contributed by atoms with E-state index in [0.717, 1.165) is 30.8 Å². The van der Waals surface area contributed by atoms with E-state index in [4.69, 9.17) is 4.84 Å². The van der Waals surface area contributed by atoms with Crippen LogP contribution in [0.1, 0.15) is 49.8 Å². The summed E-state index contributed by atoms with van der Waals surface area (Å²) in [6.07, 6.45) is -0.899. The zero-order valence-corrected chi connectivity index (χ0v) is 16.6. The molecule has 2 atom stereocenters. The number of imide groups is 1. The molecule has 0 saturated carbocycles. The van der Waals surface area contributed by atoms with Crippen LogP contribution in [0.5, 0.6) is 0 Å². The maximum Gasteiger partial charge on any atom is 0.432 e. The second kappa shape index (κ2) is 9.04. The fraction of sp³-hybridized carbons (Fsp3) is 0.500. The molecule has 4 amide bonds. The van der Waals surface area contributed by atoms with E-state index in [0.29, 0.717) is 11.6 Å². The maximum atomic E-state index is 12.8. The number of nitrogens with zero attached hydrogens (tertiary/aromatic N) is 2. The highest BCUT2D eigenvalue weighted by Crippen LogP contribution is 2.38. The summed E-state index contributed by atoms with van der Waals surface area (Å²) >= 11 is 0. The van der Waals surface area contributed by atoms with Crippen molar-refractivity contribution in [2.24, 2.45) is 0 Å². The molecule has 156 valence electrons. The predicted octanol–water partition coefficient (Wildman–Crippen LogP) is 1.07. The molecule has 3 rings (SSSR count). The van der Waals surface area contributed by atoms with Gasteiger partial charge in [0.25, 0.3) is 11.8 Å². The number of fused-ring (bicyclic) bond motifs is 2. The van der Waals surface area contributed by atoms with Gasteiger partial charge in [0, 0.05) is 25.9 Å². The maximum absolute atomic E-state index is 12.8. The Kier molecular flexibility index (Phi) is 6.48. The van der Waals surface area contributed by atoms with E-state index in [1.807, 2.05) is 24.3 Å². The molecule has 2 aliphatic rings. The van der Waals surface area contributed by atoms with Gasteiger partial charge in [-0.1, -0.05) is 38.1 Å². The molecular weight excluding hydrogens is 376 g/mol. The number of carbonyl (C=O) groups is 4. The second-order valence-electron chi connectivity index (χ2n) is 7.05. The number of rotatable bonds is 8. The summed E-state index contributed by atoms with van der Waals surface area (Å²) in [6.45, 7) is 7.17. The molecule has 9 nitrogen and oxygen atoms in total. The number of amides is 4. The lowest BCUT2D eigenvalue weighted by atomic mass is 9.97. The largest absolute Gasteiger partial charge is 0.432 e. The number of carbonyl (C=O) groups excluding carboxylic acids is 4. The van der Waals surface area contributed by atoms with Crippen molar-refractivity contribution in [3.8, 4) is 0 Å². The smallest absolute Gasteiger partial charge is 0.354 e. The average molecular weight is 402 g/mol. The fourth-order valence-electron chi connectivity index (χ4n) is 3.68. The molecule has 1 aliphatic heterocycles. The zero-order chi connectivity index (χ0) is 21.0. The third-order valence-electron chi connectivity index (χ3n) is 5.32. The van der Waals surface area contributed by atoms with Gasteiger partial charge in [0.2, 0.25) is 5.91 Å². The van der Waals surface area contributed by atoms with Crippen LogP contribution in [0.4, 0.5) is 4.79 Å². The number of hydrogen-bond acceptors (Lipinski definition) is 6. The summed E-state index contributed by atoms with van der Waals surface area (Å²) in [6, 6.07) is 6.68. The summed E-state index contributed by atoms with van der Waals surface area (Å²) in [5.74, 6) is -1.91. The second-order valence-corrected chi connectivity index (χ2v) is 7.05. The highest BCUT2D eigenvalue weighted by atomic mass is 16.7. The van der Waals surface area contributed by atoms with E-state index in [1.165, 1.54) is 0 Å². The van der Waals surface area contributed by atoms with Crippen LogP contribution in [-0.4, -0.2) is 60.0 Å². The predicted molar refractivity (Wildman–Crippen MR) is 103 cm³/mol. The molecule has 0 aromatic heterocycles. The van der Waals surface area contributed by atoms with Gasteiger partial charge in [-0.3, -0.25) is 14.4 Å². The third-order valence-corrected chi connectivity index (χ3v) is 5.32. The molecule has 2 unspecified atom stereocenters. The van der Waals surface area contributed by atoms with Crippen LogP contribution in [0.2, 0.25) is 0 Å². The first-order valence-electron chi connectivity index (χ1n) is 9.88. The average Bonchev–Trinajstić information content (AvgIpc) is 3.15. The van der Waals surface area contributed by atoms with Gasteiger partial charge in [0.15, 0.2) is 0 Å². The minimum Gasteiger partial charge on any atom is -0.354 e. The summed E-state index contributed by atoms with van der Waals surface area (Å²) in [7, 11) is 0. The van der Waals surface area contributed by atoms with Crippen molar-refractivity contribution in [1.29, 1.82) is 0 Å². The Morgan fingerprint density at radius 2 is 1.79 bits per heavy atom. The lowest BCUT2D eigenvalue weighted by Gasteiger charge is -2.24. The van der Waals surface area contributed by atoms with Crippen molar-refractivity contribution in [3.63, 3.8) is 0 Å². The summed E-state index contributed by atoms with van der Waals surface area (Å²) < 4.78 is 0. The van der Waals surface area contributed by atoms with Crippen LogP contribution in [0, 0.1) is 0 Å². The van der Waals surface area contributed by atoms with Crippen molar-refractivity contribution >= 4 is 23.8 Å². The summed E-state index contributed by atoms with van der Waals surface area (Å²) in [5.41, 5.74) is 1.56. The summed E-state index contributed by atoms with van der Waals surface area (Å²) in [5, 5.41) is 6.05. The first-order valence-corrected chi connectivity index (χ1v) is 9.88. The molecule has 2 bridgehead atoms. The number of hydroxylamine groups is 2. The minimum absolute atomic E-state index is 0.0217. The van der Waals surface area contributed by atoms with Crippen LogP contribution in [0.25, 0.3) is 0 Å². The molecule has 0 radical (unpaired) electrons. The number of likely N-dealkylation sites (N-methyl/N-ethyl adjacent to an activating group) is 1. The lowest BCUT2D eigenvalue weighted by molar-refractivity contribution is -0.171. The van der Waals surface area contributed by atoms with Gasteiger partial charge >= 0.3 is 6.09 Å². The molecule has 0 spiro atoms. The molecule has 29 heavy (non-hydrogen) atoms. The SMILES string of the molecule is CCN(CC)CCNC(=O)C1c2cccc(c2)C1NC(=O)ON1C(=O)CCC1=O. The van der Waals surface area contributed by atoms with Crippen LogP contribution < -0.4 is 10.6 Å². The molecular formula is C20H26N4O5. The topological polar surface area (TPSA) is 108 Å². The fourth-order valence-corrected chi connectivity index (χ4v) is 3.68. The van der Waals surface area contributed by atoms with E-state index in [2.05, 4.69) is 29.4 Å². The first kappa shape index (κ1) is 20.8. The first-order chi connectivity index (χ1) is 13.9. The molecule has 1 aromatic carbocycles. The van der Waals surface area contributed by atoms with Crippen molar-refractivity contribution in [3.05, 3.63) is 35.4 Å². The van der Waals surface area contributed by atoms with Crippen molar-refractivity contribution < 1.29 is 24.0 Å². The van der Waals surface area contributed by atoms with Gasteiger partial charge in [0.05, 0.1) is 12.0 Å². The molecule has 1 saturated heterocycles. The Morgan fingerprint density at radius 3 is 2.45 bits per heavy atom. The highest BCUT2D eigenvalue weighted by molar-refractivity contribution is 6.01. The van der Waals surface area contributed by atoms with Crippen LogP contribution in [0.15, 0.2) is 24.3 Å². The van der Waals surface area contributed by atoms with Crippen molar-refractivity contribution in [2.45, 2.75) is 38.6 Å². The Morgan fingerprint density at radius 1 is 1.14 bits per heavy atom. The van der Waals surface area contributed by atoms with Gasteiger partial charge in [-0.25, -0.2) is 4.79 Å². The molecule has 1 heterocycles. The van der Waals surface area contributed by atoms with Crippen LogP contribution in [0.3, 0.4) is 0 Å². The standard InChI is InChI=1S/C20H26N4O5/c1-3-23(4-2)11-10-21-19(27)17-13-6-5-7-14(12-13)18(17)22-20(28)29-24-15(25)8-9-16(24)26/h5-7,12,17-18H,3-4,8-11H2,1-2H3,(H,21,27)(H,22,28). The Bertz CT molecular complexity index is 792. The van der Waals surface area contributed by atoms with E-state index in [9.17, 15) is 19.2 Å². The van der Waals surface area contributed by atoms with Crippen LogP contribution >= 0.6 is 0 Å². The monoisotopic (exact) mass is 402 g/mol. The minimum atomic E-state index is -0.943. The van der Waals surface area contributed by atoms with Gasteiger partial charge < -0.3 is 20.4 Å². The van der Waals surface area contributed by atoms with E-state index < -0.39 is 29.9 Å². The lowest BCUT2D eigenvalue weighted by Crippen LogP contribution is -2.43. The van der Waals surface area contributed by atoms with Crippen molar-refractivity contribution in [2.75, 3.05) is 26.2 Å². The number of benzene rings is 1. The molecule has 2 N–H and O–H groups in total. The van der Waals surface area contributed by atoms with E-state index >= 15 is 0 Å². The van der Waals surface area contributed by atoms with Gasteiger partial charge in [0.1, 0.15) is 0 Å². The Hall–Kier alpha value is -2.94. The van der Waals surface area contributed by atoms with E-state index in [1.54, 1.807) is 0 Å². The Balaban J connectivity index is 1.63. The third kappa shape index (κ3) is 4.56. The normalized spacial score (nSPS) is 20.3. The van der Waals surface area contributed by atoms with E-state index in [-0.39, 0.29) is 18.7 Å². The zero-order valence-electron chi connectivity index (χ0n) is 16.6. The number of hydrogen-bond donors (Lipinski definition) is 2. The Labute approximate surface area is 169 Å². The molecule has 1 fully saturated rings. The number of nitrogens with one attached hydrogen (secondary N) is 2. The van der Waals surface area contributed by atoms with Gasteiger partial charge in [-0.05, 0) is 24.2 Å². The summed E-state index contributed by atoms with van der Waals surface area (Å²) in [4.78, 5) is 55.5. The van der Waals surface area contributed by atoms with Crippen LogP contribution in [-0.2, 0) is 19.2 Å². The molecule has 1 aliphatic carbocycles. The molecule has 1 aromatic rings.